The standard InChI is InChI=1S/C9H16O/c1-3-4-5-6-7-8-9(2)10/h9-10H,3-5,8H2,1-2H3. The molecule has 0 amide bonds. The van der Waals surface area contributed by atoms with Gasteiger partial charge < -0.3 is 5.11 Å². The monoisotopic (exact) mass is 140 g/mol. The summed E-state index contributed by atoms with van der Waals surface area (Å²) in [4.78, 5) is 0. The smallest absolute Gasteiger partial charge is 0.0621 e. The van der Waals surface area contributed by atoms with E-state index in [0.717, 1.165) is 6.42 Å². The van der Waals surface area contributed by atoms with Crippen molar-refractivity contribution in [1.29, 1.82) is 0 Å². The maximum atomic E-state index is 8.81. The van der Waals surface area contributed by atoms with Gasteiger partial charge in [0.15, 0.2) is 0 Å². The summed E-state index contributed by atoms with van der Waals surface area (Å²) in [6.07, 6.45) is 3.69. The predicted molar refractivity (Wildman–Crippen MR) is 43.6 cm³/mol. The van der Waals surface area contributed by atoms with Crippen LogP contribution in [0.2, 0.25) is 0 Å². The highest BCUT2D eigenvalue weighted by molar-refractivity contribution is 4.99. The second-order valence-electron chi connectivity index (χ2n) is 2.51. The normalized spacial score (nSPS) is 11.9. The molecule has 0 rings (SSSR count). The van der Waals surface area contributed by atoms with Crippen LogP contribution in [-0.2, 0) is 0 Å². The molecule has 10 heavy (non-hydrogen) atoms. The first-order valence-corrected chi connectivity index (χ1v) is 3.91. The SMILES string of the molecule is CCCCC#CCC(C)O. The molecule has 0 spiro atoms. The highest BCUT2D eigenvalue weighted by atomic mass is 16.3. The van der Waals surface area contributed by atoms with Gasteiger partial charge in [0.25, 0.3) is 0 Å². The lowest BCUT2D eigenvalue weighted by Gasteiger charge is -1.92. The molecule has 0 aromatic rings. The molecular formula is C9H16O. The van der Waals surface area contributed by atoms with Gasteiger partial charge in [0.2, 0.25) is 0 Å². The Morgan fingerprint density at radius 1 is 1.40 bits per heavy atom. The second kappa shape index (κ2) is 6.64. The van der Waals surface area contributed by atoms with E-state index in [1.54, 1.807) is 6.92 Å². The average Bonchev–Trinajstić information content (AvgIpc) is 1.87. The Labute approximate surface area is 63.5 Å². The number of aliphatic hydroxyl groups is 1. The molecule has 1 nitrogen and oxygen atoms in total. The predicted octanol–water partition coefficient (Wildman–Crippen LogP) is 1.95. The van der Waals surface area contributed by atoms with Crippen LogP contribution in [0.15, 0.2) is 0 Å². The molecule has 0 aliphatic rings. The van der Waals surface area contributed by atoms with Gasteiger partial charge in [-0.15, -0.1) is 11.8 Å². The van der Waals surface area contributed by atoms with E-state index in [9.17, 15) is 0 Å². The molecular weight excluding hydrogens is 124 g/mol. The lowest BCUT2D eigenvalue weighted by atomic mass is 10.2. The van der Waals surface area contributed by atoms with E-state index >= 15 is 0 Å². The number of rotatable bonds is 3. The van der Waals surface area contributed by atoms with Gasteiger partial charge in [-0.3, -0.25) is 0 Å². The van der Waals surface area contributed by atoms with E-state index in [2.05, 4.69) is 18.8 Å². The van der Waals surface area contributed by atoms with Gasteiger partial charge in [-0.2, -0.15) is 0 Å². The third kappa shape index (κ3) is 7.52. The summed E-state index contributed by atoms with van der Waals surface area (Å²) in [5, 5.41) is 8.81. The average molecular weight is 140 g/mol. The Kier molecular flexibility index (Phi) is 6.32. The van der Waals surface area contributed by atoms with E-state index in [4.69, 9.17) is 5.11 Å². The van der Waals surface area contributed by atoms with E-state index in [1.807, 2.05) is 0 Å². The molecule has 0 aromatic heterocycles. The summed E-state index contributed by atoms with van der Waals surface area (Å²) < 4.78 is 0. The van der Waals surface area contributed by atoms with Gasteiger partial charge in [-0.05, 0) is 13.3 Å². The van der Waals surface area contributed by atoms with Crippen molar-refractivity contribution in [1.82, 2.24) is 0 Å². The summed E-state index contributed by atoms with van der Waals surface area (Å²) in [6.45, 7) is 3.91. The van der Waals surface area contributed by atoms with Crippen molar-refractivity contribution >= 4 is 0 Å². The highest BCUT2D eigenvalue weighted by Crippen LogP contribution is 1.91. The molecule has 0 bridgehead atoms. The molecule has 58 valence electrons. The number of unbranched alkanes of at least 4 members (excludes halogenated alkanes) is 2. The van der Waals surface area contributed by atoms with Crippen LogP contribution in [0.25, 0.3) is 0 Å². The largest absolute Gasteiger partial charge is 0.392 e. The van der Waals surface area contributed by atoms with E-state index in [-0.39, 0.29) is 6.10 Å². The molecule has 0 radical (unpaired) electrons. The summed E-state index contributed by atoms with van der Waals surface area (Å²) in [6, 6.07) is 0. The van der Waals surface area contributed by atoms with Crippen LogP contribution in [0, 0.1) is 11.8 Å². The van der Waals surface area contributed by atoms with E-state index in [0.29, 0.717) is 6.42 Å². The molecule has 1 atom stereocenters. The van der Waals surface area contributed by atoms with Gasteiger partial charge in [0.05, 0.1) is 6.10 Å². The topological polar surface area (TPSA) is 20.2 Å². The fourth-order valence-electron chi connectivity index (χ4n) is 0.573. The summed E-state index contributed by atoms with van der Waals surface area (Å²) >= 11 is 0. The zero-order valence-corrected chi connectivity index (χ0v) is 6.85. The second-order valence-corrected chi connectivity index (χ2v) is 2.51. The minimum absolute atomic E-state index is 0.269. The quantitative estimate of drug-likeness (QED) is 0.469. The van der Waals surface area contributed by atoms with Crippen LogP contribution in [0.4, 0.5) is 0 Å². The Bertz CT molecular complexity index is 116. The van der Waals surface area contributed by atoms with Gasteiger partial charge in [-0.1, -0.05) is 13.3 Å². The van der Waals surface area contributed by atoms with Crippen molar-refractivity contribution in [3.8, 4) is 11.8 Å². The maximum absolute atomic E-state index is 8.81. The summed E-state index contributed by atoms with van der Waals surface area (Å²) in [7, 11) is 0. The number of hydrogen-bond acceptors (Lipinski definition) is 1. The van der Waals surface area contributed by atoms with Crippen molar-refractivity contribution in [3.63, 3.8) is 0 Å². The van der Waals surface area contributed by atoms with Crippen LogP contribution >= 0.6 is 0 Å². The third-order valence-corrected chi connectivity index (χ3v) is 1.18. The van der Waals surface area contributed by atoms with Crippen molar-refractivity contribution in [3.05, 3.63) is 0 Å². The van der Waals surface area contributed by atoms with Crippen LogP contribution in [0.1, 0.15) is 39.5 Å². The van der Waals surface area contributed by atoms with Crippen LogP contribution in [0.3, 0.4) is 0 Å². The molecule has 1 unspecified atom stereocenters. The molecule has 1 N–H and O–H groups in total. The first-order chi connectivity index (χ1) is 4.77. The van der Waals surface area contributed by atoms with Crippen molar-refractivity contribution < 1.29 is 5.11 Å². The lowest BCUT2D eigenvalue weighted by Crippen LogP contribution is -1.95. The summed E-state index contributed by atoms with van der Waals surface area (Å²) in [5.74, 6) is 5.93. The van der Waals surface area contributed by atoms with Crippen molar-refractivity contribution in [2.45, 2.75) is 45.6 Å². The lowest BCUT2D eigenvalue weighted by molar-refractivity contribution is 0.201. The fourth-order valence-corrected chi connectivity index (χ4v) is 0.573. The number of aliphatic hydroxyl groups excluding tert-OH is 1. The van der Waals surface area contributed by atoms with Crippen LogP contribution < -0.4 is 0 Å². The van der Waals surface area contributed by atoms with Crippen molar-refractivity contribution in [2.24, 2.45) is 0 Å². The first kappa shape index (κ1) is 9.52. The zero-order chi connectivity index (χ0) is 7.82. The minimum atomic E-state index is -0.269. The molecule has 0 aliphatic heterocycles. The molecule has 0 saturated heterocycles. The van der Waals surface area contributed by atoms with Crippen LogP contribution in [-0.4, -0.2) is 11.2 Å². The molecule has 0 aliphatic carbocycles. The molecule has 0 heterocycles. The Balaban J connectivity index is 3.14. The minimum Gasteiger partial charge on any atom is -0.392 e. The Morgan fingerprint density at radius 2 is 2.10 bits per heavy atom. The summed E-state index contributed by atoms with van der Waals surface area (Å²) in [5.41, 5.74) is 0. The van der Waals surface area contributed by atoms with Crippen molar-refractivity contribution in [2.75, 3.05) is 0 Å². The maximum Gasteiger partial charge on any atom is 0.0621 e. The molecule has 0 aromatic carbocycles. The Hall–Kier alpha value is -0.480. The third-order valence-electron chi connectivity index (χ3n) is 1.18. The van der Waals surface area contributed by atoms with Gasteiger partial charge >= 0.3 is 0 Å². The number of hydrogen-bond donors (Lipinski definition) is 1. The van der Waals surface area contributed by atoms with Gasteiger partial charge in [0.1, 0.15) is 0 Å². The van der Waals surface area contributed by atoms with E-state index < -0.39 is 0 Å². The zero-order valence-electron chi connectivity index (χ0n) is 6.85. The highest BCUT2D eigenvalue weighted by Gasteiger charge is 1.86. The first-order valence-electron chi connectivity index (χ1n) is 3.91. The fraction of sp³-hybridized carbons (Fsp3) is 0.778. The Morgan fingerprint density at radius 3 is 2.60 bits per heavy atom. The molecule has 1 heteroatoms. The molecule has 0 fully saturated rings. The molecule has 0 saturated carbocycles. The van der Waals surface area contributed by atoms with Crippen LogP contribution in [0.5, 0.6) is 0 Å². The van der Waals surface area contributed by atoms with Gasteiger partial charge in [-0.25, -0.2) is 0 Å². The van der Waals surface area contributed by atoms with E-state index in [1.165, 1.54) is 12.8 Å². The van der Waals surface area contributed by atoms with Gasteiger partial charge in [0, 0.05) is 12.8 Å².